The van der Waals surface area contributed by atoms with Crippen LogP contribution < -0.4 is 11.3 Å². The summed E-state index contributed by atoms with van der Waals surface area (Å²) in [7, 11) is 0. The number of hydrogen-bond donors (Lipinski definition) is 2. The average molecular weight is 285 g/mol. The number of nitrogens with two attached hydrogens (primary N) is 1. The number of aromatic nitrogens is 1. The number of anilines is 1. The van der Waals surface area contributed by atoms with Gasteiger partial charge in [0, 0.05) is 18.4 Å². The van der Waals surface area contributed by atoms with Crippen molar-refractivity contribution >= 4 is 23.3 Å². The molecule has 0 aliphatic rings. The van der Waals surface area contributed by atoms with E-state index in [4.69, 9.17) is 5.84 Å². The summed E-state index contributed by atoms with van der Waals surface area (Å²) in [5.74, 6) is 6.39. The molecule has 0 atom stereocenters. The van der Waals surface area contributed by atoms with Crippen LogP contribution in [-0.4, -0.2) is 40.2 Å². The SMILES string of the molecule is CCN(CC)CCSc1cc([N+](=O)[O-])cc(NN)n1. The fourth-order valence-electron chi connectivity index (χ4n) is 1.56. The van der Waals surface area contributed by atoms with Crippen molar-refractivity contribution < 1.29 is 4.92 Å². The van der Waals surface area contributed by atoms with E-state index in [0.29, 0.717) is 10.8 Å². The molecule has 0 radical (unpaired) electrons. The second-order valence-electron chi connectivity index (χ2n) is 3.83. The van der Waals surface area contributed by atoms with Crippen LogP contribution in [0.5, 0.6) is 0 Å². The maximum atomic E-state index is 10.8. The van der Waals surface area contributed by atoms with E-state index in [1.807, 2.05) is 0 Å². The summed E-state index contributed by atoms with van der Waals surface area (Å²) in [6, 6.07) is 2.78. The normalized spacial score (nSPS) is 10.7. The van der Waals surface area contributed by atoms with Gasteiger partial charge in [-0.1, -0.05) is 13.8 Å². The molecule has 106 valence electrons. The zero-order valence-electron chi connectivity index (χ0n) is 11.1. The first-order valence-corrected chi connectivity index (χ1v) is 7.07. The second-order valence-corrected chi connectivity index (χ2v) is 4.94. The molecule has 0 amide bonds. The highest BCUT2D eigenvalue weighted by atomic mass is 32.2. The van der Waals surface area contributed by atoms with Crippen molar-refractivity contribution in [2.24, 2.45) is 5.84 Å². The molecule has 0 saturated heterocycles. The highest BCUT2D eigenvalue weighted by Gasteiger charge is 2.11. The molecule has 1 aromatic heterocycles. The van der Waals surface area contributed by atoms with Crippen molar-refractivity contribution in [2.45, 2.75) is 18.9 Å². The topological polar surface area (TPSA) is 97.3 Å². The lowest BCUT2D eigenvalue weighted by Crippen LogP contribution is -2.25. The maximum absolute atomic E-state index is 10.8. The first-order valence-electron chi connectivity index (χ1n) is 6.09. The van der Waals surface area contributed by atoms with E-state index in [-0.39, 0.29) is 5.69 Å². The second kappa shape index (κ2) is 7.93. The number of nitrogens with one attached hydrogen (secondary N) is 1. The third-order valence-electron chi connectivity index (χ3n) is 2.70. The number of hydrazine groups is 1. The van der Waals surface area contributed by atoms with E-state index in [1.165, 1.54) is 23.9 Å². The monoisotopic (exact) mass is 285 g/mol. The molecule has 19 heavy (non-hydrogen) atoms. The summed E-state index contributed by atoms with van der Waals surface area (Å²) in [4.78, 5) is 16.8. The largest absolute Gasteiger partial charge is 0.308 e. The van der Waals surface area contributed by atoms with Crippen molar-refractivity contribution in [3.63, 3.8) is 0 Å². The lowest BCUT2D eigenvalue weighted by atomic mass is 10.4. The van der Waals surface area contributed by atoms with E-state index in [1.54, 1.807) is 0 Å². The molecular formula is C11H19N5O2S. The molecule has 0 aliphatic carbocycles. The third kappa shape index (κ3) is 5.01. The minimum Gasteiger partial charge on any atom is -0.308 e. The van der Waals surface area contributed by atoms with Crippen molar-refractivity contribution in [2.75, 3.05) is 30.8 Å². The Hall–Kier alpha value is -1.38. The van der Waals surface area contributed by atoms with E-state index < -0.39 is 4.92 Å². The molecule has 0 aromatic carbocycles. The Kier molecular flexibility index (Phi) is 6.54. The zero-order valence-corrected chi connectivity index (χ0v) is 11.9. The van der Waals surface area contributed by atoms with Crippen molar-refractivity contribution in [3.05, 3.63) is 22.2 Å². The number of nitro groups is 1. The molecule has 1 heterocycles. The Labute approximate surface area is 116 Å². The Bertz CT molecular complexity index is 426. The van der Waals surface area contributed by atoms with Gasteiger partial charge in [0.05, 0.1) is 11.0 Å². The maximum Gasteiger partial charge on any atom is 0.275 e. The number of pyridine rings is 1. The molecule has 0 aliphatic heterocycles. The standard InChI is InChI=1S/C11H19N5O2S/c1-3-15(4-2)5-6-19-11-8-9(16(17)18)7-10(13-11)14-12/h7-8H,3-6,12H2,1-2H3,(H,13,14). The Morgan fingerprint density at radius 2 is 2.16 bits per heavy atom. The summed E-state index contributed by atoms with van der Waals surface area (Å²) in [5, 5.41) is 11.4. The molecular weight excluding hydrogens is 266 g/mol. The quantitative estimate of drug-likeness (QED) is 0.325. The van der Waals surface area contributed by atoms with Gasteiger partial charge in [-0.3, -0.25) is 10.1 Å². The summed E-state index contributed by atoms with van der Waals surface area (Å²) in [5.41, 5.74) is 2.34. The van der Waals surface area contributed by atoms with Gasteiger partial charge in [0.1, 0.15) is 10.8 Å². The van der Waals surface area contributed by atoms with Gasteiger partial charge in [0.2, 0.25) is 0 Å². The molecule has 3 N–H and O–H groups in total. The molecule has 0 bridgehead atoms. The van der Waals surface area contributed by atoms with Crippen molar-refractivity contribution in [3.8, 4) is 0 Å². The van der Waals surface area contributed by atoms with Crippen molar-refractivity contribution in [1.29, 1.82) is 0 Å². The van der Waals surface area contributed by atoms with Crippen molar-refractivity contribution in [1.82, 2.24) is 9.88 Å². The van der Waals surface area contributed by atoms with Crippen LogP contribution in [0.2, 0.25) is 0 Å². The predicted octanol–water partition coefficient (Wildman–Crippen LogP) is 1.71. The van der Waals surface area contributed by atoms with Crippen LogP contribution >= 0.6 is 11.8 Å². The molecule has 0 unspecified atom stereocenters. The first-order chi connectivity index (χ1) is 9.10. The molecule has 1 aromatic rings. The van der Waals surface area contributed by atoms with Crippen LogP contribution in [0, 0.1) is 10.1 Å². The summed E-state index contributed by atoms with van der Waals surface area (Å²) >= 11 is 1.49. The lowest BCUT2D eigenvalue weighted by Gasteiger charge is -2.17. The van der Waals surface area contributed by atoms with Gasteiger partial charge in [-0.2, -0.15) is 0 Å². The summed E-state index contributed by atoms with van der Waals surface area (Å²) < 4.78 is 0. The van der Waals surface area contributed by atoms with Crippen LogP contribution in [0.1, 0.15) is 13.8 Å². The Morgan fingerprint density at radius 1 is 1.47 bits per heavy atom. The number of nitrogen functional groups attached to an aromatic ring is 1. The average Bonchev–Trinajstić information content (AvgIpc) is 2.43. The minimum absolute atomic E-state index is 0.00621. The van der Waals surface area contributed by atoms with Crippen LogP contribution in [0.3, 0.4) is 0 Å². The van der Waals surface area contributed by atoms with Gasteiger partial charge in [-0.05, 0) is 13.1 Å². The van der Waals surface area contributed by atoms with E-state index >= 15 is 0 Å². The molecule has 0 saturated carbocycles. The minimum atomic E-state index is -0.447. The molecule has 1 rings (SSSR count). The van der Waals surface area contributed by atoms with Gasteiger partial charge in [0.25, 0.3) is 5.69 Å². The number of nitrogens with zero attached hydrogens (tertiary/aromatic N) is 3. The van der Waals surface area contributed by atoms with E-state index in [2.05, 4.69) is 29.2 Å². The fourth-order valence-corrected chi connectivity index (χ4v) is 2.49. The molecule has 8 heteroatoms. The van der Waals surface area contributed by atoms with Crippen LogP contribution in [-0.2, 0) is 0 Å². The van der Waals surface area contributed by atoms with Crippen LogP contribution in [0.25, 0.3) is 0 Å². The smallest absolute Gasteiger partial charge is 0.275 e. The van der Waals surface area contributed by atoms with Crippen LogP contribution in [0.15, 0.2) is 17.2 Å². The van der Waals surface area contributed by atoms with Gasteiger partial charge in [-0.15, -0.1) is 11.8 Å². The number of thioether (sulfide) groups is 1. The third-order valence-corrected chi connectivity index (χ3v) is 3.59. The van der Waals surface area contributed by atoms with Gasteiger partial charge >= 0.3 is 0 Å². The summed E-state index contributed by atoms with van der Waals surface area (Å²) in [6.45, 7) is 7.13. The zero-order chi connectivity index (χ0) is 14.3. The number of hydrogen-bond acceptors (Lipinski definition) is 7. The fraction of sp³-hybridized carbons (Fsp3) is 0.545. The predicted molar refractivity (Wildman–Crippen MR) is 77.2 cm³/mol. The molecule has 7 nitrogen and oxygen atoms in total. The van der Waals surface area contributed by atoms with Gasteiger partial charge in [-0.25, -0.2) is 10.8 Å². The van der Waals surface area contributed by atoms with Gasteiger partial charge in [0.15, 0.2) is 0 Å². The highest BCUT2D eigenvalue weighted by Crippen LogP contribution is 2.24. The Morgan fingerprint density at radius 3 is 2.68 bits per heavy atom. The highest BCUT2D eigenvalue weighted by molar-refractivity contribution is 7.99. The number of rotatable bonds is 8. The van der Waals surface area contributed by atoms with Gasteiger partial charge < -0.3 is 10.3 Å². The van der Waals surface area contributed by atoms with E-state index in [0.717, 1.165) is 25.4 Å². The first kappa shape index (κ1) is 15.7. The van der Waals surface area contributed by atoms with E-state index in [9.17, 15) is 10.1 Å². The van der Waals surface area contributed by atoms with Crippen LogP contribution in [0.4, 0.5) is 11.5 Å². The molecule has 0 spiro atoms. The molecule has 0 fully saturated rings. The Balaban J connectivity index is 2.67. The lowest BCUT2D eigenvalue weighted by molar-refractivity contribution is -0.385. The summed E-state index contributed by atoms with van der Waals surface area (Å²) in [6.07, 6.45) is 0.